The van der Waals surface area contributed by atoms with Gasteiger partial charge in [-0.3, -0.25) is 4.79 Å². The highest BCUT2D eigenvalue weighted by atomic mass is 35.5. The van der Waals surface area contributed by atoms with Crippen LogP contribution in [-0.2, 0) is 0 Å². The van der Waals surface area contributed by atoms with Gasteiger partial charge in [-0.1, -0.05) is 0 Å². The molecule has 1 heterocycles. The van der Waals surface area contributed by atoms with Crippen LogP contribution in [-0.4, -0.2) is 30.5 Å². The van der Waals surface area contributed by atoms with Crippen molar-refractivity contribution in [3.05, 3.63) is 16.1 Å². The monoisotopic (exact) mass is 249 g/mol. The fraction of sp³-hybridized carbons (Fsp3) is 0.556. The fourth-order valence-electron chi connectivity index (χ4n) is 0.901. The van der Waals surface area contributed by atoms with Gasteiger partial charge in [0.25, 0.3) is 5.91 Å². The first-order chi connectivity index (χ1) is 6.63. The smallest absolute Gasteiger partial charge is 0.263 e. The summed E-state index contributed by atoms with van der Waals surface area (Å²) in [7, 11) is 1.87. The van der Waals surface area contributed by atoms with Gasteiger partial charge in [0.2, 0.25) is 0 Å². The van der Waals surface area contributed by atoms with Crippen molar-refractivity contribution in [2.45, 2.75) is 19.9 Å². The van der Waals surface area contributed by atoms with E-state index in [1.54, 1.807) is 6.20 Å². The minimum Gasteiger partial charge on any atom is -0.350 e. The van der Waals surface area contributed by atoms with E-state index in [1.165, 1.54) is 11.3 Å². The van der Waals surface area contributed by atoms with E-state index in [1.807, 2.05) is 20.9 Å². The highest BCUT2D eigenvalue weighted by Crippen LogP contribution is 2.10. The maximum Gasteiger partial charge on any atom is 0.263 e. The van der Waals surface area contributed by atoms with Crippen molar-refractivity contribution in [3.8, 4) is 0 Å². The number of nitrogens with zero attached hydrogens (tertiary/aromatic N) is 1. The quantitative estimate of drug-likeness (QED) is 0.844. The van der Waals surface area contributed by atoms with E-state index in [2.05, 4.69) is 15.6 Å². The molecule has 1 aromatic rings. The van der Waals surface area contributed by atoms with Crippen molar-refractivity contribution in [1.82, 2.24) is 15.6 Å². The number of likely N-dealkylation sites (N-methyl/N-ethyl adjacent to an activating group) is 1. The predicted octanol–water partition coefficient (Wildman–Crippen LogP) is 1.21. The number of carbonyl (C=O) groups is 1. The number of halogens is 1. The summed E-state index contributed by atoms with van der Waals surface area (Å²) in [6.07, 6.45) is 1.61. The lowest BCUT2D eigenvalue weighted by atomic mass is 10.3. The van der Waals surface area contributed by atoms with E-state index >= 15 is 0 Å². The number of thiazole rings is 1. The van der Waals surface area contributed by atoms with Crippen LogP contribution in [0, 0.1) is 6.92 Å². The van der Waals surface area contributed by atoms with Gasteiger partial charge in [0.05, 0.1) is 11.2 Å². The predicted molar refractivity (Wildman–Crippen MR) is 65.0 cm³/mol. The zero-order chi connectivity index (χ0) is 10.6. The van der Waals surface area contributed by atoms with Crippen LogP contribution in [0.15, 0.2) is 6.20 Å². The van der Waals surface area contributed by atoms with Crippen LogP contribution in [0.25, 0.3) is 0 Å². The Morgan fingerprint density at radius 1 is 1.67 bits per heavy atom. The van der Waals surface area contributed by atoms with Gasteiger partial charge in [0.1, 0.15) is 4.88 Å². The SMILES string of the molecule is CNC(C)CNC(=O)c1cnc(C)s1.Cl. The van der Waals surface area contributed by atoms with E-state index in [-0.39, 0.29) is 24.4 Å². The van der Waals surface area contributed by atoms with Gasteiger partial charge < -0.3 is 10.6 Å². The summed E-state index contributed by atoms with van der Waals surface area (Å²) in [5.74, 6) is -0.0438. The average molecular weight is 250 g/mol. The van der Waals surface area contributed by atoms with Gasteiger partial charge in [-0.2, -0.15) is 0 Å². The summed E-state index contributed by atoms with van der Waals surface area (Å²) in [5.41, 5.74) is 0. The number of nitrogens with one attached hydrogen (secondary N) is 2. The number of hydrogen-bond acceptors (Lipinski definition) is 4. The largest absolute Gasteiger partial charge is 0.350 e. The Hall–Kier alpha value is -0.650. The Balaban J connectivity index is 0.00000196. The number of hydrogen-bond donors (Lipinski definition) is 2. The highest BCUT2D eigenvalue weighted by Gasteiger charge is 2.09. The molecule has 6 heteroatoms. The third-order valence-electron chi connectivity index (χ3n) is 1.91. The van der Waals surface area contributed by atoms with E-state index in [0.29, 0.717) is 11.4 Å². The summed E-state index contributed by atoms with van der Waals surface area (Å²) in [5, 5.41) is 6.80. The number of aryl methyl sites for hydroxylation is 1. The standard InChI is InChI=1S/C9H15N3OS.ClH/c1-6(10-3)4-12-9(13)8-5-11-7(2)14-8;/h5-6,10H,4H2,1-3H3,(H,12,13);1H. The van der Waals surface area contributed by atoms with Crippen LogP contribution in [0.3, 0.4) is 0 Å². The lowest BCUT2D eigenvalue weighted by molar-refractivity contribution is 0.0954. The first kappa shape index (κ1) is 14.3. The third-order valence-corrected chi connectivity index (χ3v) is 2.82. The van der Waals surface area contributed by atoms with Crippen molar-refractivity contribution in [2.24, 2.45) is 0 Å². The van der Waals surface area contributed by atoms with Gasteiger partial charge in [0, 0.05) is 12.6 Å². The molecule has 15 heavy (non-hydrogen) atoms. The van der Waals surface area contributed by atoms with Gasteiger partial charge in [-0.25, -0.2) is 4.98 Å². The molecule has 0 bridgehead atoms. The van der Waals surface area contributed by atoms with Gasteiger partial charge in [-0.05, 0) is 20.9 Å². The summed E-state index contributed by atoms with van der Waals surface area (Å²) in [4.78, 5) is 16.2. The first-order valence-electron chi connectivity index (χ1n) is 4.51. The summed E-state index contributed by atoms with van der Waals surface area (Å²) in [6.45, 7) is 4.53. The van der Waals surface area contributed by atoms with Crippen molar-refractivity contribution >= 4 is 29.7 Å². The van der Waals surface area contributed by atoms with E-state index in [4.69, 9.17) is 0 Å². The Kier molecular flexibility index (Phi) is 6.47. The number of rotatable bonds is 4. The molecule has 2 N–H and O–H groups in total. The molecular weight excluding hydrogens is 234 g/mol. The lowest BCUT2D eigenvalue weighted by Crippen LogP contribution is -2.36. The second-order valence-corrected chi connectivity index (χ2v) is 4.38. The third kappa shape index (κ3) is 4.59. The Labute approximate surface area is 99.9 Å². The molecule has 1 amide bonds. The minimum absolute atomic E-state index is 0. The normalized spacial score (nSPS) is 11.7. The van der Waals surface area contributed by atoms with E-state index < -0.39 is 0 Å². The van der Waals surface area contributed by atoms with E-state index in [0.717, 1.165) is 5.01 Å². The molecule has 0 saturated heterocycles. The van der Waals surface area contributed by atoms with Crippen molar-refractivity contribution < 1.29 is 4.79 Å². The second kappa shape index (κ2) is 6.76. The first-order valence-corrected chi connectivity index (χ1v) is 5.33. The molecule has 1 rings (SSSR count). The molecule has 1 unspecified atom stereocenters. The van der Waals surface area contributed by atoms with Crippen molar-refractivity contribution in [3.63, 3.8) is 0 Å². The topological polar surface area (TPSA) is 54.0 Å². The highest BCUT2D eigenvalue weighted by molar-refractivity contribution is 7.13. The molecule has 0 aliphatic carbocycles. The molecule has 86 valence electrons. The van der Waals surface area contributed by atoms with Crippen LogP contribution < -0.4 is 10.6 Å². The Morgan fingerprint density at radius 2 is 2.33 bits per heavy atom. The molecule has 0 spiro atoms. The molecule has 4 nitrogen and oxygen atoms in total. The van der Waals surface area contributed by atoms with Gasteiger partial charge in [-0.15, -0.1) is 23.7 Å². The number of carbonyl (C=O) groups excluding carboxylic acids is 1. The van der Waals surface area contributed by atoms with Crippen LogP contribution in [0.1, 0.15) is 21.6 Å². The lowest BCUT2D eigenvalue weighted by Gasteiger charge is -2.10. The average Bonchev–Trinajstić information content (AvgIpc) is 2.60. The molecule has 0 aliphatic rings. The van der Waals surface area contributed by atoms with Crippen molar-refractivity contribution in [1.29, 1.82) is 0 Å². The maximum absolute atomic E-state index is 11.5. The zero-order valence-electron chi connectivity index (χ0n) is 9.03. The van der Waals surface area contributed by atoms with Crippen LogP contribution in [0.4, 0.5) is 0 Å². The van der Waals surface area contributed by atoms with Crippen molar-refractivity contribution in [2.75, 3.05) is 13.6 Å². The van der Waals surface area contributed by atoms with Crippen LogP contribution in [0.5, 0.6) is 0 Å². The summed E-state index contributed by atoms with van der Waals surface area (Å²) in [6, 6.07) is 0.285. The Bertz CT molecular complexity index is 316. The molecule has 1 aromatic heterocycles. The summed E-state index contributed by atoms with van der Waals surface area (Å²) < 4.78 is 0. The van der Waals surface area contributed by atoms with Gasteiger partial charge >= 0.3 is 0 Å². The summed E-state index contributed by atoms with van der Waals surface area (Å²) >= 11 is 1.41. The maximum atomic E-state index is 11.5. The van der Waals surface area contributed by atoms with E-state index in [9.17, 15) is 4.79 Å². The molecule has 0 saturated carbocycles. The Morgan fingerprint density at radius 3 is 2.80 bits per heavy atom. The fourth-order valence-corrected chi connectivity index (χ4v) is 1.60. The second-order valence-electron chi connectivity index (χ2n) is 3.14. The zero-order valence-corrected chi connectivity index (χ0v) is 10.7. The molecule has 0 aromatic carbocycles. The number of aromatic nitrogens is 1. The van der Waals surface area contributed by atoms with Gasteiger partial charge in [0.15, 0.2) is 0 Å². The van der Waals surface area contributed by atoms with Crippen LogP contribution in [0.2, 0.25) is 0 Å². The number of amides is 1. The molecule has 0 aliphatic heterocycles. The molecule has 0 fully saturated rings. The molecule has 1 atom stereocenters. The van der Waals surface area contributed by atoms with Crippen LogP contribution >= 0.6 is 23.7 Å². The molecule has 0 radical (unpaired) electrons. The molecular formula is C9H16ClN3OS. The minimum atomic E-state index is -0.0438.